The molecule has 0 saturated heterocycles. The van der Waals surface area contributed by atoms with Gasteiger partial charge in [0, 0.05) is 0 Å². The number of esters is 1. The zero-order valence-electron chi connectivity index (χ0n) is 12.0. The summed E-state index contributed by atoms with van der Waals surface area (Å²) in [4.78, 5) is 22.1. The molecule has 1 unspecified atom stereocenters. The summed E-state index contributed by atoms with van der Waals surface area (Å²) in [6, 6.07) is 1.12. The molecule has 22 heavy (non-hydrogen) atoms. The number of carboxylic acids is 1. The summed E-state index contributed by atoms with van der Waals surface area (Å²) >= 11 is 0. The van der Waals surface area contributed by atoms with E-state index in [1.54, 1.807) is 6.92 Å². The van der Waals surface area contributed by atoms with E-state index in [0.717, 1.165) is 25.3 Å². The maximum Gasteiger partial charge on any atom is 0.339 e. The second-order valence-corrected chi connectivity index (χ2v) is 6.12. The van der Waals surface area contributed by atoms with Crippen LogP contribution in [0.25, 0.3) is 0 Å². The molecule has 0 fully saturated rings. The summed E-state index contributed by atoms with van der Waals surface area (Å²) in [5, 5.41) is 9.00. The Hall–Kier alpha value is -2.00. The highest BCUT2D eigenvalue weighted by Crippen LogP contribution is 2.19. The number of hydrogen-bond donors (Lipinski definition) is 2. The quantitative estimate of drug-likeness (QED) is 0.724. The molecule has 0 heterocycles. The second-order valence-electron chi connectivity index (χ2n) is 4.43. The highest BCUT2D eigenvalue weighted by Gasteiger charge is 2.28. The van der Waals surface area contributed by atoms with E-state index in [4.69, 9.17) is 5.11 Å². The molecule has 9 heteroatoms. The van der Waals surface area contributed by atoms with Crippen molar-refractivity contribution in [1.29, 1.82) is 0 Å². The minimum atomic E-state index is -4.33. The maximum absolute atomic E-state index is 13.2. The summed E-state index contributed by atoms with van der Waals surface area (Å²) < 4.78 is 44.2. The van der Waals surface area contributed by atoms with Crippen LogP contribution in [0.5, 0.6) is 0 Å². The van der Waals surface area contributed by atoms with Crippen molar-refractivity contribution in [1.82, 2.24) is 4.72 Å². The van der Waals surface area contributed by atoms with E-state index in [1.807, 2.05) is 4.72 Å². The van der Waals surface area contributed by atoms with Gasteiger partial charge >= 0.3 is 11.9 Å². The molecule has 7 nitrogen and oxygen atoms in total. The number of carbonyl (C=O) groups is 2. The molecule has 0 aliphatic heterocycles. The van der Waals surface area contributed by atoms with Crippen molar-refractivity contribution in [2.45, 2.75) is 30.7 Å². The number of hydrogen-bond acceptors (Lipinski definition) is 5. The van der Waals surface area contributed by atoms with Crippen LogP contribution >= 0.6 is 0 Å². The third-order valence-corrected chi connectivity index (χ3v) is 4.34. The Balaban J connectivity index is 3.28. The van der Waals surface area contributed by atoms with Crippen molar-refractivity contribution < 1.29 is 32.2 Å². The molecule has 1 aromatic rings. The van der Waals surface area contributed by atoms with Crippen molar-refractivity contribution in [2.75, 3.05) is 7.11 Å². The number of ether oxygens (including phenoxy) is 1. The first kappa shape index (κ1) is 18.1. The van der Waals surface area contributed by atoms with E-state index in [9.17, 15) is 22.4 Å². The molecule has 0 bridgehead atoms. The average Bonchev–Trinajstić information content (AvgIpc) is 2.45. The number of carboxylic acid groups (broad SMARTS) is 1. The molecule has 0 radical (unpaired) electrons. The first-order valence-electron chi connectivity index (χ1n) is 6.36. The normalized spacial score (nSPS) is 12.7. The van der Waals surface area contributed by atoms with Crippen LogP contribution in [0.1, 0.15) is 30.1 Å². The number of aliphatic carboxylic acids is 1. The van der Waals surface area contributed by atoms with Gasteiger partial charge in [0.15, 0.2) is 0 Å². The van der Waals surface area contributed by atoms with Crippen LogP contribution in [-0.4, -0.2) is 38.6 Å². The second kappa shape index (κ2) is 7.32. The van der Waals surface area contributed by atoms with Crippen LogP contribution in [0, 0.1) is 5.82 Å². The minimum absolute atomic E-state index is 0.0727. The molecule has 122 valence electrons. The van der Waals surface area contributed by atoms with Crippen LogP contribution in [0.4, 0.5) is 4.39 Å². The topological polar surface area (TPSA) is 110 Å². The summed E-state index contributed by atoms with van der Waals surface area (Å²) in [6.07, 6.45) is 0.510. The molecule has 2 N–H and O–H groups in total. The van der Waals surface area contributed by atoms with Gasteiger partial charge < -0.3 is 9.84 Å². The third kappa shape index (κ3) is 4.25. The van der Waals surface area contributed by atoms with Crippen LogP contribution < -0.4 is 4.72 Å². The third-order valence-electron chi connectivity index (χ3n) is 2.81. The lowest BCUT2D eigenvalue weighted by Gasteiger charge is -2.15. The Bertz CT molecular complexity index is 673. The Kier molecular flexibility index (Phi) is 6.01. The van der Waals surface area contributed by atoms with E-state index >= 15 is 0 Å². The fraction of sp³-hybridized carbons (Fsp3) is 0.385. The predicted molar refractivity (Wildman–Crippen MR) is 74.4 cm³/mol. The summed E-state index contributed by atoms with van der Waals surface area (Å²) in [5.41, 5.74) is -0.504. The van der Waals surface area contributed by atoms with Gasteiger partial charge in [0.1, 0.15) is 11.9 Å². The number of nitrogens with one attached hydrogen (secondary N) is 1. The van der Waals surface area contributed by atoms with Crippen molar-refractivity contribution in [3.63, 3.8) is 0 Å². The van der Waals surface area contributed by atoms with Crippen LogP contribution in [0.2, 0.25) is 0 Å². The van der Waals surface area contributed by atoms with E-state index in [-0.39, 0.29) is 6.42 Å². The SMILES string of the molecule is CCCC(NS(=O)(=O)c1ccc(F)cc1C(=O)OC)C(=O)O. The first-order valence-corrected chi connectivity index (χ1v) is 7.84. The molecule has 1 rings (SSSR count). The van der Waals surface area contributed by atoms with Crippen LogP contribution in [-0.2, 0) is 19.6 Å². The lowest BCUT2D eigenvalue weighted by atomic mass is 10.2. The molecule has 0 aliphatic rings. The van der Waals surface area contributed by atoms with Crippen molar-refractivity contribution >= 4 is 22.0 Å². The molecular weight excluding hydrogens is 317 g/mol. The van der Waals surface area contributed by atoms with Crippen molar-refractivity contribution in [2.24, 2.45) is 0 Å². The molecule has 1 atom stereocenters. The lowest BCUT2D eigenvalue weighted by Crippen LogP contribution is -2.41. The van der Waals surface area contributed by atoms with Gasteiger partial charge in [0.25, 0.3) is 0 Å². The van der Waals surface area contributed by atoms with Gasteiger partial charge in [-0.3, -0.25) is 4.79 Å². The number of rotatable bonds is 7. The Morgan fingerprint density at radius 3 is 2.55 bits per heavy atom. The molecule has 0 spiro atoms. The highest BCUT2D eigenvalue weighted by molar-refractivity contribution is 7.89. The molecular formula is C13H16FNO6S. The Labute approximate surface area is 127 Å². The standard InChI is InChI=1S/C13H16FNO6S/c1-3-4-10(12(16)17)15-22(19,20)11-6-5-8(14)7-9(11)13(18)21-2/h5-7,10,15H,3-4H2,1-2H3,(H,16,17). The van der Waals surface area contributed by atoms with Gasteiger partial charge in [0.2, 0.25) is 10.0 Å². The number of benzene rings is 1. The van der Waals surface area contributed by atoms with Gasteiger partial charge in [-0.05, 0) is 24.6 Å². The number of sulfonamides is 1. The number of halogens is 1. The largest absolute Gasteiger partial charge is 0.480 e. The Morgan fingerprint density at radius 1 is 1.41 bits per heavy atom. The van der Waals surface area contributed by atoms with Crippen molar-refractivity contribution in [3.8, 4) is 0 Å². The fourth-order valence-electron chi connectivity index (χ4n) is 1.78. The smallest absolute Gasteiger partial charge is 0.339 e. The average molecular weight is 333 g/mol. The Morgan fingerprint density at radius 2 is 2.05 bits per heavy atom. The molecule has 0 aromatic heterocycles. The predicted octanol–water partition coefficient (Wildman–Crippen LogP) is 1.14. The van der Waals surface area contributed by atoms with E-state index < -0.39 is 44.3 Å². The number of carbonyl (C=O) groups excluding carboxylic acids is 1. The van der Waals surface area contributed by atoms with Gasteiger partial charge in [-0.15, -0.1) is 0 Å². The van der Waals surface area contributed by atoms with Crippen LogP contribution in [0.3, 0.4) is 0 Å². The maximum atomic E-state index is 13.2. The summed E-state index contributed by atoms with van der Waals surface area (Å²) in [5.74, 6) is -3.20. The first-order chi connectivity index (χ1) is 10.2. The zero-order chi connectivity index (χ0) is 16.9. The van der Waals surface area contributed by atoms with E-state index in [0.29, 0.717) is 6.42 Å². The fourth-order valence-corrected chi connectivity index (χ4v) is 3.18. The van der Waals surface area contributed by atoms with Gasteiger partial charge in [-0.1, -0.05) is 13.3 Å². The zero-order valence-corrected chi connectivity index (χ0v) is 12.8. The summed E-state index contributed by atoms with van der Waals surface area (Å²) in [7, 11) is -3.31. The van der Waals surface area contributed by atoms with Crippen LogP contribution in [0.15, 0.2) is 23.1 Å². The molecule has 0 aliphatic carbocycles. The van der Waals surface area contributed by atoms with Crippen molar-refractivity contribution in [3.05, 3.63) is 29.6 Å². The van der Waals surface area contributed by atoms with Gasteiger partial charge in [-0.2, -0.15) is 4.72 Å². The lowest BCUT2D eigenvalue weighted by molar-refractivity contribution is -0.139. The van der Waals surface area contributed by atoms with E-state index in [2.05, 4.69) is 4.74 Å². The van der Waals surface area contributed by atoms with Gasteiger partial charge in [-0.25, -0.2) is 17.6 Å². The van der Waals surface area contributed by atoms with E-state index in [1.165, 1.54) is 0 Å². The highest BCUT2D eigenvalue weighted by atomic mass is 32.2. The molecule has 0 amide bonds. The number of methoxy groups -OCH3 is 1. The molecule has 1 aromatic carbocycles. The molecule has 0 saturated carbocycles. The van der Waals surface area contributed by atoms with Gasteiger partial charge in [0.05, 0.1) is 17.6 Å². The monoisotopic (exact) mass is 333 g/mol. The minimum Gasteiger partial charge on any atom is -0.480 e. The summed E-state index contributed by atoms with van der Waals surface area (Å²) in [6.45, 7) is 1.70.